The van der Waals surface area contributed by atoms with Gasteiger partial charge in [0.05, 0.1) is 28.0 Å². The van der Waals surface area contributed by atoms with E-state index in [4.69, 9.17) is 9.97 Å². The monoisotopic (exact) mass is 821 g/mol. The third-order valence-corrected chi connectivity index (χ3v) is 12.7. The Morgan fingerprint density at radius 3 is 1.89 bits per heavy atom. The molecule has 63 heavy (non-hydrogen) atoms. The minimum Gasteiger partial charge on any atom is -0.507 e. The van der Waals surface area contributed by atoms with E-state index in [1.54, 1.807) is 0 Å². The molecule has 0 aliphatic rings. The highest BCUT2D eigenvalue weighted by Crippen LogP contribution is 2.45. The van der Waals surface area contributed by atoms with E-state index in [2.05, 4.69) is 217 Å². The topological polar surface area (TPSA) is 50.9 Å². The second kappa shape index (κ2) is 17.4. The molecule has 0 amide bonds. The number of aromatic hydroxyl groups is 1. The van der Waals surface area contributed by atoms with Crippen LogP contribution in [0.1, 0.15) is 88.0 Å². The summed E-state index contributed by atoms with van der Waals surface area (Å²) in [5.41, 5.74) is 18.9. The predicted octanol–water partition coefficient (Wildman–Crippen LogP) is 16.2. The Balaban J connectivity index is 1.34. The predicted molar refractivity (Wildman–Crippen MR) is 265 cm³/mol. The van der Waals surface area contributed by atoms with Crippen LogP contribution in [0.4, 0.5) is 0 Å². The lowest BCUT2D eigenvalue weighted by atomic mass is 9.91. The molecule has 1 unspecified atom stereocenters. The Morgan fingerprint density at radius 2 is 1.19 bits per heavy atom. The van der Waals surface area contributed by atoms with Crippen molar-refractivity contribution in [2.75, 3.05) is 0 Å². The van der Waals surface area contributed by atoms with Crippen molar-refractivity contribution in [3.8, 4) is 78.6 Å². The largest absolute Gasteiger partial charge is 0.507 e. The molecular weight excluding hydrogens is 767 g/mol. The van der Waals surface area contributed by atoms with Crippen LogP contribution >= 0.6 is 0 Å². The smallest absolute Gasteiger partial charge is 0.149 e. The number of phenolic OH excluding ortho intramolecular Hbond substituents is 1. The molecule has 0 fully saturated rings. The molecule has 1 atom stereocenters. The quantitative estimate of drug-likeness (QED) is 0.141. The maximum atomic E-state index is 12.3. The van der Waals surface area contributed by atoms with Crippen LogP contribution in [-0.4, -0.2) is 19.6 Å². The third kappa shape index (κ3) is 8.10. The Morgan fingerprint density at radius 1 is 0.524 bits per heavy atom. The van der Waals surface area contributed by atoms with Crippen molar-refractivity contribution in [2.45, 2.75) is 72.6 Å². The number of hydrogen-bond donors (Lipinski definition) is 1. The first kappa shape index (κ1) is 41.3. The van der Waals surface area contributed by atoms with Gasteiger partial charge in [0.25, 0.3) is 0 Å². The number of fused-ring (bicyclic) bond motifs is 1. The first-order valence-electron chi connectivity index (χ1n) is 22.4. The molecule has 9 aromatic rings. The minimum atomic E-state index is 0.114. The number of pyridine rings is 1. The zero-order valence-corrected chi connectivity index (χ0v) is 37.4. The average molecular weight is 822 g/mol. The molecule has 0 saturated carbocycles. The van der Waals surface area contributed by atoms with E-state index in [9.17, 15) is 5.11 Å². The summed E-state index contributed by atoms with van der Waals surface area (Å²) in [5.74, 6) is 1.74. The second-order valence-corrected chi connectivity index (χ2v) is 17.7. The highest BCUT2D eigenvalue weighted by molar-refractivity contribution is 5.98. The van der Waals surface area contributed by atoms with Crippen molar-refractivity contribution in [3.05, 3.63) is 192 Å². The van der Waals surface area contributed by atoms with Gasteiger partial charge in [-0.05, 0) is 136 Å². The Kier molecular flexibility index (Phi) is 11.4. The van der Waals surface area contributed by atoms with E-state index in [0.29, 0.717) is 11.7 Å². The number of aryl methyl sites for hydroxylation is 1. The molecule has 9 rings (SSSR count). The van der Waals surface area contributed by atoms with Gasteiger partial charge in [-0.3, -0.25) is 9.55 Å². The van der Waals surface area contributed by atoms with Crippen LogP contribution in [-0.2, 0) is 0 Å². The summed E-state index contributed by atoms with van der Waals surface area (Å²) >= 11 is 0. The number of para-hydroxylation sites is 1. The van der Waals surface area contributed by atoms with Crippen LogP contribution in [0.3, 0.4) is 0 Å². The van der Waals surface area contributed by atoms with E-state index in [1.165, 1.54) is 16.7 Å². The van der Waals surface area contributed by atoms with E-state index < -0.39 is 0 Å². The highest BCUT2D eigenvalue weighted by atomic mass is 16.3. The van der Waals surface area contributed by atoms with Gasteiger partial charge in [-0.1, -0.05) is 156 Å². The van der Waals surface area contributed by atoms with Crippen molar-refractivity contribution in [3.63, 3.8) is 0 Å². The van der Waals surface area contributed by atoms with Crippen LogP contribution < -0.4 is 0 Å². The molecule has 0 spiro atoms. The van der Waals surface area contributed by atoms with Gasteiger partial charge in [0.2, 0.25) is 0 Å². The molecule has 0 radical (unpaired) electrons. The first-order valence-corrected chi connectivity index (χ1v) is 22.4. The van der Waals surface area contributed by atoms with Crippen molar-refractivity contribution < 1.29 is 5.11 Å². The zero-order chi connectivity index (χ0) is 43.8. The van der Waals surface area contributed by atoms with Gasteiger partial charge in [0.1, 0.15) is 11.6 Å². The van der Waals surface area contributed by atoms with Gasteiger partial charge in [0, 0.05) is 22.9 Å². The summed E-state index contributed by atoms with van der Waals surface area (Å²) in [7, 11) is 0. The zero-order valence-electron chi connectivity index (χ0n) is 37.4. The van der Waals surface area contributed by atoms with Gasteiger partial charge < -0.3 is 5.11 Å². The highest BCUT2D eigenvalue weighted by Gasteiger charge is 2.25. The van der Waals surface area contributed by atoms with Crippen LogP contribution in [0, 0.1) is 6.92 Å². The second-order valence-electron chi connectivity index (χ2n) is 17.7. The summed E-state index contributed by atoms with van der Waals surface area (Å²) in [6, 6.07) is 58.7. The van der Waals surface area contributed by atoms with Crippen LogP contribution in [0.15, 0.2) is 170 Å². The molecule has 0 saturated heterocycles. The minimum absolute atomic E-state index is 0.114. The Bertz CT molecular complexity index is 3070. The number of aromatic nitrogens is 3. The molecule has 7 aromatic carbocycles. The molecule has 0 aliphatic carbocycles. The maximum absolute atomic E-state index is 12.3. The number of hydrogen-bond acceptors (Lipinski definition) is 3. The standard InChI is InChI=1S/C59H55N3O/c1-8-40(7)44-26-27-55(52(33-44)43-18-13-10-14-19-43)62-56-21-15-20-50(57(56)61-59(62)53-35-46(37(2)3)34-51(38(4)5)58(53)63)48-30-47(41-16-11-9-12-17-41)31-49(32-48)54-36-45(28-29-60-54)42-24-22-39(6)23-25-42/h9-38,40,63H,8H2,1-7H3. The summed E-state index contributed by atoms with van der Waals surface area (Å²) in [6.07, 6.45) is 2.95. The number of nitrogens with zero attached hydrogens (tertiary/aromatic N) is 3. The first-order chi connectivity index (χ1) is 30.6. The molecule has 4 heteroatoms. The lowest BCUT2D eigenvalue weighted by molar-refractivity contribution is 0.466. The molecule has 2 aromatic heterocycles. The van der Waals surface area contributed by atoms with Crippen LogP contribution in [0.2, 0.25) is 0 Å². The maximum Gasteiger partial charge on any atom is 0.149 e. The molecule has 2 heterocycles. The fraction of sp³-hybridized carbons (Fsp3) is 0.186. The van der Waals surface area contributed by atoms with Gasteiger partial charge in [-0.15, -0.1) is 0 Å². The number of phenols is 1. The van der Waals surface area contributed by atoms with Crippen molar-refractivity contribution in [1.82, 2.24) is 14.5 Å². The number of benzene rings is 7. The molecule has 312 valence electrons. The number of rotatable bonds is 11. The Labute approximate surface area is 372 Å². The van der Waals surface area contributed by atoms with E-state index in [0.717, 1.165) is 90.0 Å². The normalized spacial score (nSPS) is 12.1. The lowest BCUT2D eigenvalue weighted by Gasteiger charge is -2.20. The van der Waals surface area contributed by atoms with E-state index in [-0.39, 0.29) is 17.6 Å². The number of imidazole rings is 1. The van der Waals surface area contributed by atoms with Gasteiger partial charge in [-0.25, -0.2) is 4.98 Å². The fourth-order valence-corrected chi connectivity index (χ4v) is 8.76. The molecule has 4 nitrogen and oxygen atoms in total. The third-order valence-electron chi connectivity index (χ3n) is 12.7. The van der Waals surface area contributed by atoms with Gasteiger partial charge in [-0.2, -0.15) is 0 Å². The van der Waals surface area contributed by atoms with Gasteiger partial charge >= 0.3 is 0 Å². The summed E-state index contributed by atoms with van der Waals surface area (Å²) in [4.78, 5) is 10.6. The molecular formula is C59H55N3O. The van der Waals surface area contributed by atoms with Crippen LogP contribution in [0.25, 0.3) is 83.9 Å². The summed E-state index contributed by atoms with van der Waals surface area (Å²) in [5, 5.41) is 12.3. The molecule has 1 N–H and O–H groups in total. The van der Waals surface area contributed by atoms with Crippen molar-refractivity contribution in [1.29, 1.82) is 0 Å². The molecule has 0 aliphatic heterocycles. The lowest BCUT2D eigenvalue weighted by Crippen LogP contribution is -2.04. The SMILES string of the molecule is CCC(C)c1ccc(-n2c(-c3cc(C(C)C)cc(C(C)C)c3O)nc3c(-c4cc(-c5ccccc5)cc(-c5cc(-c6ccc(C)cc6)ccn5)c4)cccc32)c(-c2ccccc2)c1. The summed E-state index contributed by atoms with van der Waals surface area (Å²) in [6.45, 7) is 15.4. The van der Waals surface area contributed by atoms with E-state index >= 15 is 0 Å². The fourth-order valence-electron chi connectivity index (χ4n) is 8.76. The van der Waals surface area contributed by atoms with E-state index in [1.807, 2.05) is 6.20 Å². The average Bonchev–Trinajstić information content (AvgIpc) is 3.71. The van der Waals surface area contributed by atoms with Crippen molar-refractivity contribution in [2.24, 2.45) is 0 Å². The van der Waals surface area contributed by atoms with Crippen molar-refractivity contribution >= 4 is 11.0 Å². The van der Waals surface area contributed by atoms with Gasteiger partial charge in [0.15, 0.2) is 0 Å². The Hall–Kier alpha value is -7.04. The summed E-state index contributed by atoms with van der Waals surface area (Å²) < 4.78 is 2.29. The van der Waals surface area contributed by atoms with Crippen LogP contribution in [0.5, 0.6) is 5.75 Å². The molecule has 0 bridgehead atoms.